The largest absolute Gasteiger partial charge is 0.457 e. The predicted octanol–water partition coefficient (Wildman–Crippen LogP) is 4.72. The summed E-state index contributed by atoms with van der Waals surface area (Å²) in [4.78, 5) is 46.5. The number of carbonyl (C=O) groups excluding carboxylic acids is 3. The summed E-state index contributed by atoms with van der Waals surface area (Å²) in [5, 5.41) is 10.7. The van der Waals surface area contributed by atoms with Crippen molar-refractivity contribution in [2.45, 2.75) is 77.6 Å². The second-order valence-corrected chi connectivity index (χ2v) is 14.4. The first kappa shape index (κ1) is 35.9. The molecule has 3 aliphatic heterocycles. The predicted molar refractivity (Wildman–Crippen MR) is 183 cm³/mol. The number of ether oxygens (including phenoxy) is 2. The highest BCUT2D eigenvalue weighted by atomic mass is 19.1. The molecule has 1 saturated carbocycles. The Hall–Kier alpha value is -3.44. The van der Waals surface area contributed by atoms with E-state index in [0.717, 1.165) is 37.2 Å². The van der Waals surface area contributed by atoms with E-state index < -0.39 is 24.3 Å². The van der Waals surface area contributed by atoms with E-state index >= 15 is 0 Å². The van der Waals surface area contributed by atoms with Gasteiger partial charge in [-0.25, -0.2) is 9.18 Å². The van der Waals surface area contributed by atoms with E-state index in [9.17, 15) is 23.9 Å². The maximum absolute atomic E-state index is 15.0. The lowest BCUT2D eigenvalue weighted by atomic mass is 9.91. The molecule has 1 aliphatic carbocycles. The molecule has 1 aromatic carbocycles. The van der Waals surface area contributed by atoms with Gasteiger partial charge >= 0.3 is 12.1 Å². The van der Waals surface area contributed by atoms with Crippen LogP contribution in [0.4, 0.5) is 14.9 Å². The second-order valence-electron chi connectivity index (χ2n) is 14.4. The highest BCUT2D eigenvalue weighted by molar-refractivity contribution is 5.77. The minimum absolute atomic E-state index is 0.0750. The van der Waals surface area contributed by atoms with E-state index in [1.807, 2.05) is 57.0 Å². The number of benzene rings is 1. The van der Waals surface area contributed by atoms with Crippen molar-refractivity contribution in [2.75, 3.05) is 64.3 Å². The highest BCUT2D eigenvalue weighted by Gasteiger charge is 2.31. The van der Waals surface area contributed by atoms with Crippen LogP contribution in [0.15, 0.2) is 35.9 Å². The van der Waals surface area contributed by atoms with E-state index in [1.54, 1.807) is 4.90 Å². The van der Waals surface area contributed by atoms with Crippen molar-refractivity contribution in [3.05, 3.63) is 47.3 Å². The Bertz CT molecular complexity index is 1350. The number of anilines is 1. The number of aliphatic hydroxyl groups is 1. The smallest absolute Gasteiger partial charge is 0.410 e. The number of rotatable bonds is 6. The minimum atomic E-state index is -0.882. The zero-order valence-electron chi connectivity index (χ0n) is 29.0. The molecular formula is C37H53FN4O6. The molecule has 3 fully saturated rings. The normalized spacial score (nSPS) is 29.0. The molecule has 5 rings (SSSR count). The Morgan fingerprint density at radius 2 is 1.65 bits per heavy atom. The molecule has 1 N–H and O–H groups in total. The van der Waals surface area contributed by atoms with Gasteiger partial charge in [-0.05, 0) is 86.9 Å². The first-order chi connectivity index (χ1) is 22.9. The molecule has 11 heteroatoms. The van der Waals surface area contributed by atoms with Gasteiger partial charge in [0.25, 0.3) is 0 Å². The van der Waals surface area contributed by atoms with Crippen LogP contribution in [0.25, 0.3) is 6.08 Å². The number of hydrogen-bond donors (Lipinski definition) is 1. The van der Waals surface area contributed by atoms with Gasteiger partial charge in [-0.15, -0.1) is 0 Å². The van der Waals surface area contributed by atoms with Crippen molar-refractivity contribution in [1.82, 2.24) is 14.7 Å². The number of halogens is 1. The molecule has 10 nitrogen and oxygen atoms in total. The summed E-state index contributed by atoms with van der Waals surface area (Å²) < 4.78 is 26.9. The monoisotopic (exact) mass is 668 g/mol. The Kier molecular flexibility index (Phi) is 12.2. The van der Waals surface area contributed by atoms with Crippen molar-refractivity contribution in [1.29, 1.82) is 0 Å². The maximum atomic E-state index is 15.0. The number of hydrogen-bond acceptors (Lipinski definition) is 8. The van der Waals surface area contributed by atoms with Crippen molar-refractivity contribution < 1.29 is 33.4 Å². The molecule has 5 atom stereocenters. The van der Waals surface area contributed by atoms with Crippen LogP contribution < -0.4 is 4.90 Å². The lowest BCUT2D eigenvalue weighted by molar-refractivity contribution is -0.151. The van der Waals surface area contributed by atoms with Gasteiger partial charge in [0.2, 0.25) is 5.91 Å². The molecular weight excluding hydrogens is 615 g/mol. The average molecular weight is 669 g/mol. The molecule has 0 aromatic heterocycles. The zero-order valence-corrected chi connectivity index (χ0v) is 29.0. The van der Waals surface area contributed by atoms with E-state index in [0.29, 0.717) is 70.0 Å². The van der Waals surface area contributed by atoms with Gasteiger partial charge in [-0.3, -0.25) is 9.59 Å². The number of esters is 1. The molecule has 264 valence electrons. The average Bonchev–Trinajstić information content (AvgIpc) is 3.87. The summed E-state index contributed by atoms with van der Waals surface area (Å²) >= 11 is 0. The van der Waals surface area contributed by atoms with Gasteiger partial charge in [-0.2, -0.15) is 0 Å². The van der Waals surface area contributed by atoms with Gasteiger partial charge < -0.3 is 34.2 Å². The van der Waals surface area contributed by atoms with Crippen molar-refractivity contribution in [3.63, 3.8) is 0 Å². The second kappa shape index (κ2) is 16.3. The molecule has 2 saturated heterocycles. The first-order valence-electron chi connectivity index (χ1n) is 17.7. The van der Waals surface area contributed by atoms with Gasteiger partial charge in [0, 0.05) is 70.4 Å². The van der Waals surface area contributed by atoms with Gasteiger partial charge in [-0.1, -0.05) is 26.0 Å². The molecule has 3 heterocycles. The number of cyclic esters (lactones) is 1. The number of piperazine rings is 2. The van der Waals surface area contributed by atoms with Crippen LogP contribution in [-0.4, -0.2) is 115 Å². The van der Waals surface area contributed by atoms with Crippen LogP contribution >= 0.6 is 0 Å². The number of amides is 2. The van der Waals surface area contributed by atoms with Crippen LogP contribution in [0.5, 0.6) is 0 Å². The summed E-state index contributed by atoms with van der Waals surface area (Å²) in [7, 11) is 2.03. The fraction of sp³-hybridized carbons (Fsp3) is 0.649. The van der Waals surface area contributed by atoms with Gasteiger partial charge in [0.05, 0.1) is 12.5 Å². The zero-order chi connectivity index (χ0) is 34.4. The van der Waals surface area contributed by atoms with Crippen LogP contribution in [0.2, 0.25) is 0 Å². The number of aliphatic hydroxyl groups excluding tert-OH is 1. The topological polar surface area (TPSA) is 103 Å². The SMILES string of the molecule is C/C(=C\c1cc(F)cc(N2CCN(C(=O)CC3CC3)CC2)c1)[C@H]1OC(=O)C[C@H](O)CC[C@H](C)[C@@H](OC(=O)N2CCN(C)CC2)/C=C\[C@@H]1C. The molecule has 0 unspecified atom stereocenters. The van der Waals surface area contributed by atoms with Crippen LogP contribution in [0.1, 0.15) is 64.9 Å². The fourth-order valence-electron chi connectivity index (χ4n) is 6.75. The summed E-state index contributed by atoms with van der Waals surface area (Å²) in [5.74, 6) is -0.478. The fourth-order valence-corrected chi connectivity index (χ4v) is 6.75. The summed E-state index contributed by atoms with van der Waals surface area (Å²) in [6.45, 7) is 11.1. The summed E-state index contributed by atoms with van der Waals surface area (Å²) in [5.41, 5.74) is 2.10. The highest BCUT2D eigenvalue weighted by Crippen LogP contribution is 2.33. The van der Waals surface area contributed by atoms with Crippen molar-refractivity contribution >= 4 is 29.7 Å². The van der Waals surface area contributed by atoms with Gasteiger partial charge in [0.1, 0.15) is 18.0 Å². The van der Waals surface area contributed by atoms with E-state index in [1.165, 1.54) is 12.1 Å². The maximum Gasteiger partial charge on any atom is 0.410 e. The molecule has 0 bridgehead atoms. The standard InChI is InChI=1S/C37H53FN4O6/c1-25-5-9-32(43)24-35(45)48-36(26(2)6-10-33(25)47-37(46)42-13-11-39(4)12-14-42)27(3)19-29-20-30(38)23-31(21-29)40-15-17-41(18-16-40)34(44)22-28-7-8-28/h6,10,19-21,23,25-26,28,32-33,36,43H,5,7-9,11-18,22,24H2,1-4H3/b10-6-,27-19+/t25-,26-,32+,33-,36-/m0/s1. The van der Waals surface area contributed by atoms with Crippen molar-refractivity contribution in [3.8, 4) is 0 Å². The lowest BCUT2D eigenvalue weighted by Crippen LogP contribution is -2.48. The molecule has 4 aliphatic rings. The molecule has 0 radical (unpaired) electrons. The number of likely N-dealkylation sites (N-methyl/N-ethyl adjacent to an activating group) is 1. The summed E-state index contributed by atoms with van der Waals surface area (Å²) in [6.07, 6.45) is 6.94. The first-order valence-corrected chi connectivity index (χ1v) is 17.7. The van der Waals surface area contributed by atoms with E-state index in [4.69, 9.17) is 9.47 Å². The quantitative estimate of drug-likeness (QED) is 0.344. The molecule has 1 aromatic rings. The molecule has 0 spiro atoms. The van der Waals surface area contributed by atoms with E-state index in [2.05, 4.69) is 9.80 Å². The molecule has 2 amide bonds. The lowest BCUT2D eigenvalue weighted by Gasteiger charge is -2.36. The van der Waals surface area contributed by atoms with E-state index in [-0.39, 0.29) is 36.1 Å². The Morgan fingerprint density at radius 3 is 2.33 bits per heavy atom. The Labute approximate surface area is 284 Å². The third-order valence-corrected chi connectivity index (χ3v) is 10.2. The van der Waals surface area contributed by atoms with Crippen LogP contribution in [0, 0.1) is 23.6 Å². The van der Waals surface area contributed by atoms with Gasteiger partial charge in [0.15, 0.2) is 0 Å². The number of carbonyl (C=O) groups is 3. The summed E-state index contributed by atoms with van der Waals surface area (Å²) in [6, 6.07) is 4.90. The Balaban J connectivity index is 1.30. The van der Waals surface area contributed by atoms with Crippen LogP contribution in [0.3, 0.4) is 0 Å². The van der Waals surface area contributed by atoms with Crippen LogP contribution in [-0.2, 0) is 19.1 Å². The molecule has 48 heavy (non-hydrogen) atoms. The minimum Gasteiger partial charge on any atom is -0.457 e. The Morgan fingerprint density at radius 1 is 0.958 bits per heavy atom. The van der Waals surface area contributed by atoms with Crippen molar-refractivity contribution in [2.24, 2.45) is 17.8 Å². The third-order valence-electron chi connectivity index (χ3n) is 10.2. The third kappa shape index (κ3) is 10.0. The number of nitrogens with zero attached hydrogens (tertiary/aromatic N) is 4.